The number of nitrogens with one attached hydrogen (secondary N) is 1. The molecule has 100 valence electrons. The second-order valence-electron chi connectivity index (χ2n) is 4.85. The minimum absolute atomic E-state index is 0.151. The molecule has 0 saturated carbocycles. The molecule has 1 aliphatic rings. The van der Waals surface area contributed by atoms with Gasteiger partial charge in [0.15, 0.2) is 0 Å². The van der Waals surface area contributed by atoms with Gasteiger partial charge in [-0.3, -0.25) is 9.48 Å². The smallest absolute Gasteiger partial charge is 0.315 e. The second kappa shape index (κ2) is 5.04. The molecule has 0 aliphatic heterocycles. The van der Waals surface area contributed by atoms with E-state index >= 15 is 0 Å². The highest BCUT2D eigenvalue weighted by Gasteiger charge is 2.29. The lowest BCUT2D eigenvalue weighted by atomic mass is 9.93. The molecule has 0 aromatic carbocycles. The molecule has 4 nitrogen and oxygen atoms in total. The van der Waals surface area contributed by atoms with E-state index in [1.807, 2.05) is 18.5 Å². The minimum Gasteiger partial charge on any atom is -0.343 e. The molecule has 1 N–H and O–H groups in total. The lowest BCUT2D eigenvalue weighted by Gasteiger charge is -2.26. The summed E-state index contributed by atoms with van der Waals surface area (Å²) in [4.78, 5) is 11.1. The van der Waals surface area contributed by atoms with Gasteiger partial charge < -0.3 is 5.32 Å². The number of amides is 1. The van der Waals surface area contributed by atoms with Crippen molar-refractivity contribution in [2.45, 2.75) is 51.6 Å². The Morgan fingerprint density at radius 2 is 2.28 bits per heavy atom. The molecule has 0 spiro atoms. The average Bonchev–Trinajstić information content (AvgIpc) is 2.73. The predicted molar refractivity (Wildman–Crippen MR) is 62.4 cm³/mol. The van der Waals surface area contributed by atoms with Crippen LogP contribution in [0.15, 0.2) is 6.20 Å². The van der Waals surface area contributed by atoms with Crippen LogP contribution in [-0.4, -0.2) is 22.1 Å². The van der Waals surface area contributed by atoms with Gasteiger partial charge in [0, 0.05) is 6.04 Å². The topological polar surface area (TPSA) is 46.9 Å². The predicted octanol–water partition coefficient (Wildman–Crippen LogP) is 2.22. The van der Waals surface area contributed by atoms with Crippen molar-refractivity contribution in [1.82, 2.24) is 15.1 Å². The Hall–Kier alpha value is -1.46. The Bertz CT molecular complexity index is 443. The Morgan fingerprint density at radius 3 is 2.89 bits per heavy atom. The number of hydrogen-bond donors (Lipinski definition) is 1. The molecule has 1 atom stereocenters. The van der Waals surface area contributed by atoms with Crippen molar-refractivity contribution < 1.29 is 13.6 Å². The summed E-state index contributed by atoms with van der Waals surface area (Å²) >= 11 is 0. The van der Waals surface area contributed by atoms with Crippen LogP contribution in [0.25, 0.3) is 0 Å². The van der Waals surface area contributed by atoms with Gasteiger partial charge in [-0.25, -0.2) is 0 Å². The molecule has 18 heavy (non-hydrogen) atoms. The van der Waals surface area contributed by atoms with Crippen LogP contribution in [0.1, 0.15) is 50.0 Å². The minimum atomic E-state index is -2.97. The van der Waals surface area contributed by atoms with Crippen molar-refractivity contribution in [3.8, 4) is 0 Å². The van der Waals surface area contributed by atoms with Crippen molar-refractivity contribution in [1.29, 1.82) is 0 Å². The van der Waals surface area contributed by atoms with Crippen molar-refractivity contribution in [2.75, 3.05) is 0 Å². The first-order chi connectivity index (χ1) is 8.50. The summed E-state index contributed by atoms with van der Waals surface area (Å²) in [5.41, 5.74) is 1.93. The Morgan fingerprint density at radius 1 is 1.56 bits per heavy atom. The molecule has 1 heterocycles. The maximum Gasteiger partial charge on any atom is 0.315 e. The molecule has 0 bridgehead atoms. The van der Waals surface area contributed by atoms with Crippen LogP contribution < -0.4 is 5.32 Å². The van der Waals surface area contributed by atoms with Crippen molar-refractivity contribution in [2.24, 2.45) is 0 Å². The zero-order valence-corrected chi connectivity index (χ0v) is 10.5. The largest absolute Gasteiger partial charge is 0.343 e. The van der Waals surface area contributed by atoms with Crippen LogP contribution in [0, 0.1) is 0 Å². The zero-order chi connectivity index (χ0) is 13.3. The number of rotatable bonds is 3. The zero-order valence-electron chi connectivity index (χ0n) is 10.5. The summed E-state index contributed by atoms with van der Waals surface area (Å²) in [6.45, 7) is 3.96. The number of alkyl halides is 2. The number of hydrogen-bond acceptors (Lipinski definition) is 2. The second-order valence-corrected chi connectivity index (χ2v) is 4.85. The first-order valence-corrected chi connectivity index (χ1v) is 6.15. The summed E-state index contributed by atoms with van der Waals surface area (Å²) in [5.74, 6) is -1.20. The highest BCUT2D eigenvalue weighted by Crippen LogP contribution is 2.31. The first-order valence-electron chi connectivity index (χ1n) is 6.15. The van der Waals surface area contributed by atoms with Gasteiger partial charge in [0.1, 0.15) is 0 Å². The van der Waals surface area contributed by atoms with Gasteiger partial charge >= 0.3 is 6.43 Å². The standard InChI is InChI=1S/C12H17F2N3O/c1-7(2)17-10-8(6-15-17)4-3-5-9(10)16-12(18)11(13)14/h6-7,9,11H,3-5H2,1-2H3,(H,16,18). The van der Waals surface area contributed by atoms with Crippen molar-refractivity contribution in [3.05, 3.63) is 17.5 Å². The molecular weight excluding hydrogens is 240 g/mol. The summed E-state index contributed by atoms with van der Waals surface area (Å²) in [6.07, 6.45) is 1.26. The van der Waals surface area contributed by atoms with E-state index < -0.39 is 12.3 Å². The molecule has 1 aromatic rings. The lowest BCUT2D eigenvalue weighted by molar-refractivity contribution is -0.132. The molecule has 1 unspecified atom stereocenters. The summed E-state index contributed by atoms with van der Waals surface area (Å²) in [6, 6.07) is -0.196. The van der Waals surface area contributed by atoms with E-state index in [4.69, 9.17) is 0 Å². The summed E-state index contributed by atoms with van der Waals surface area (Å²) in [7, 11) is 0. The Balaban J connectivity index is 2.26. The van der Waals surface area contributed by atoms with Gasteiger partial charge in [-0.2, -0.15) is 13.9 Å². The lowest BCUT2D eigenvalue weighted by Crippen LogP contribution is -2.36. The van der Waals surface area contributed by atoms with Crippen LogP contribution in [0.4, 0.5) is 8.78 Å². The number of nitrogens with zero attached hydrogens (tertiary/aromatic N) is 2. The summed E-state index contributed by atoms with van der Waals surface area (Å²) < 4.78 is 26.4. The molecule has 2 rings (SSSR count). The Labute approximate surface area is 104 Å². The third-order valence-electron chi connectivity index (χ3n) is 3.19. The summed E-state index contributed by atoms with van der Waals surface area (Å²) in [5, 5.41) is 6.68. The number of aromatic nitrogens is 2. The molecule has 1 aromatic heterocycles. The monoisotopic (exact) mass is 257 g/mol. The number of aryl methyl sites for hydroxylation is 1. The van der Waals surface area contributed by atoms with Gasteiger partial charge in [-0.15, -0.1) is 0 Å². The van der Waals surface area contributed by atoms with Gasteiger partial charge in [0.25, 0.3) is 5.91 Å². The van der Waals surface area contributed by atoms with Crippen molar-refractivity contribution in [3.63, 3.8) is 0 Å². The quantitative estimate of drug-likeness (QED) is 0.902. The third kappa shape index (κ3) is 2.37. The Kier molecular flexibility index (Phi) is 3.63. The SMILES string of the molecule is CC(C)n1ncc2c1C(NC(=O)C(F)F)CCC2. The highest BCUT2D eigenvalue weighted by atomic mass is 19.3. The van der Waals surface area contributed by atoms with E-state index in [1.54, 1.807) is 6.20 Å². The van der Waals surface area contributed by atoms with E-state index in [-0.39, 0.29) is 12.1 Å². The van der Waals surface area contributed by atoms with Gasteiger partial charge in [-0.1, -0.05) is 0 Å². The van der Waals surface area contributed by atoms with E-state index in [0.29, 0.717) is 6.42 Å². The molecule has 0 fully saturated rings. The van der Waals surface area contributed by atoms with E-state index in [2.05, 4.69) is 10.4 Å². The van der Waals surface area contributed by atoms with Gasteiger partial charge in [-0.05, 0) is 38.7 Å². The third-order valence-corrected chi connectivity index (χ3v) is 3.19. The molecule has 1 aliphatic carbocycles. The molecule has 0 radical (unpaired) electrons. The van der Waals surface area contributed by atoms with Crippen LogP contribution >= 0.6 is 0 Å². The molecule has 1 amide bonds. The maximum absolute atomic E-state index is 12.3. The van der Waals surface area contributed by atoms with Crippen LogP contribution in [-0.2, 0) is 11.2 Å². The molecule has 0 saturated heterocycles. The van der Waals surface area contributed by atoms with Crippen LogP contribution in [0.5, 0.6) is 0 Å². The normalized spacial score (nSPS) is 19.1. The maximum atomic E-state index is 12.3. The van der Waals surface area contributed by atoms with E-state index in [0.717, 1.165) is 24.1 Å². The highest BCUT2D eigenvalue weighted by molar-refractivity contribution is 5.79. The number of carbonyl (C=O) groups is 1. The van der Waals surface area contributed by atoms with E-state index in [1.165, 1.54) is 0 Å². The first kappa shape index (κ1) is 13.0. The fourth-order valence-electron chi connectivity index (χ4n) is 2.40. The van der Waals surface area contributed by atoms with Crippen molar-refractivity contribution >= 4 is 5.91 Å². The number of fused-ring (bicyclic) bond motifs is 1. The average molecular weight is 257 g/mol. The van der Waals surface area contributed by atoms with E-state index in [9.17, 15) is 13.6 Å². The van der Waals surface area contributed by atoms with Gasteiger partial charge in [0.2, 0.25) is 0 Å². The number of carbonyl (C=O) groups excluding carboxylic acids is 1. The fourth-order valence-corrected chi connectivity index (χ4v) is 2.40. The fraction of sp³-hybridized carbons (Fsp3) is 0.667. The van der Waals surface area contributed by atoms with Crippen LogP contribution in [0.3, 0.4) is 0 Å². The number of halogens is 2. The molecular formula is C12H17F2N3O. The van der Waals surface area contributed by atoms with Crippen LogP contribution in [0.2, 0.25) is 0 Å². The van der Waals surface area contributed by atoms with Gasteiger partial charge in [0.05, 0.1) is 17.9 Å². The molecule has 6 heteroatoms.